The maximum Gasteiger partial charge on any atom is 0.296 e. The van der Waals surface area contributed by atoms with Crippen LogP contribution in [0.4, 0.5) is 14.6 Å². The summed E-state index contributed by atoms with van der Waals surface area (Å²) in [5, 5.41) is 13.0. The molecule has 4 atom stereocenters. The fourth-order valence-corrected chi connectivity index (χ4v) is 3.83. The monoisotopic (exact) mass is 438 g/mol. The molecule has 1 aromatic carbocycles. The Balaban J connectivity index is 1.32. The molecule has 11 heteroatoms. The first kappa shape index (κ1) is 19.4. The van der Waals surface area contributed by atoms with Gasteiger partial charge in [0.2, 0.25) is 0 Å². The van der Waals surface area contributed by atoms with E-state index in [0.29, 0.717) is 22.0 Å². The summed E-state index contributed by atoms with van der Waals surface area (Å²) in [7, 11) is 0. The second-order valence-corrected chi connectivity index (χ2v) is 7.55. The van der Waals surface area contributed by atoms with Crippen LogP contribution in [-0.2, 0) is 16.0 Å². The van der Waals surface area contributed by atoms with Gasteiger partial charge in [0.1, 0.15) is 35.8 Å². The van der Waals surface area contributed by atoms with Crippen molar-refractivity contribution in [3.05, 3.63) is 46.5 Å². The number of anilines is 1. The van der Waals surface area contributed by atoms with Crippen molar-refractivity contribution in [1.29, 1.82) is 0 Å². The number of aromatic nitrogens is 3. The summed E-state index contributed by atoms with van der Waals surface area (Å²) in [4.78, 5) is 11.6. The van der Waals surface area contributed by atoms with E-state index in [4.69, 9.17) is 25.8 Å². The summed E-state index contributed by atoms with van der Waals surface area (Å²) in [5.41, 5.74) is 1.17. The Hall–Kier alpha value is -2.53. The number of H-pyrrole nitrogens is 1. The average molecular weight is 439 g/mol. The molecule has 30 heavy (non-hydrogen) atoms. The number of fused-ring (bicyclic) bond motifs is 2. The van der Waals surface area contributed by atoms with E-state index in [1.807, 2.05) is 0 Å². The van der Waals surface area contributed by atoms with E-state index < -0.39 is 29.9 Å². The van der Waals surface area contributed by atoms with Gasteiger partial charge in [-0.25, -0.2) is 13.8 Å². The number of rotatable bonds is 5. The van der Waals surface area contributed by atoms with Crippen LogP contribution in [0.15, 0.2) is 24.3 Å². The van der Waals surface area contributed by atoms with Gasteiger partial charge < -0.3 is 29.6 Å². The molecule has 8 nitrogen and oxygen atoms in total. The van der Waals surface area contributed by atoms with Gasteiger partial charge in [0.05, 0.1) is 23.8 Å². The minimum Gasteiger partial charge on any atom is -0.456 e. The van der Waals surface area contributed by atoms with Crippen molar-refractivity contribution in [2.24, 2.45) is 0 Å². The number of nitrogens with one attached hydrogen (secondary N) is 2. The molecule has 2 saturated heterocycles. The number of benzene rings is 1. The summed E-state index contributed by atoms with van der Waals surface area (Å²) in [6.45, 7) is 0.546. The Kier molecular flexibility index (Phi) is 4.94. The fraction of sp³-hybridized carbons (Fsp3) is 0.368. The number of aromatic amines is 1. The van der Waals surface area contributed by atoms with E-state index in [-0.39, 0.29) is 37.4 Å². The molecule has 4 heterocycles. The van der Waals surface area contributed by atoms with E-state index >= 15 is 0 Å². The zero-order valence-corrected chi connectivity index (χ0v) is 16.2. The Morgan fingerprint density at radius 3 is 2.87 bits per heavy atom. The van der Waals surface area contributed by atoms with Crippen molar-refractivity contribution in [2.75, 3.05) is 18.5 Å². The van der Waals surface area contributed by atoms with Gasteiger partial charge in [-0.2, -0.15) is 4.98 Å². The molecule has 0 aliphatic carbocycles. The molecule has 5 rings (SSSR count). The van der Waals surface area contributed by atoms with Gasteiger partial charge in [0, 0.05) is 18.2 Å². The molecule has 3 aromatic rings. The van der Waals surface area contributed by atoms with E-state index in [9.17, 15) is 13.9 Å². The Morgan fingerprint density at radius 2 is 2.03 bits per heavy atom. The van der Waals surface area contributed by atoms with Crippen LogP contribution in [0.3, 0.4) is 0 Å². The van der Waals surface area contributed by atoms with Crippen LogP contribution < -0.4 is 10.1 Å². The average Bonchev–Trinajstić information content (AvgIpc) is 3.38. The lowest BCUT2D eigenvalue weighted by molar-refractivity contribution is 0.00706. The fourth-order valence-electron chi connectivity index (χ4n) is 3.61. The first-order valence-electron chi connectivity index (χ1n) is 9.30. The van der Waals surface area contributed by atoms with Gasteiger partial charge in [0.15, 0.2) is 11.8 Å². The van der Waals surface area contributed by atoms with Crippen LogP contribution in [0.5, 0.6) is 6.01 Å². The van der Waals surface area contributed by atoms with E-state index in [0.717, 1.165) is 6.07 Å². The number of aliphatic hydroxyl groups is 1. The van der Waals surface area contributed by atoms with E-state index in [1.165, 1.54) is 12.1 Å². The molecule has 2 fully saturated rings. The molecule has 158 valence electrons. The quantitative estimate of drug-likeness (QED) is 0.562. The van der Waals surface area contributed by atoms with E-state index in [2.05, 4.69) is 20.3 Å². The summed E-state index contributed by atoms with van der Waals surface area (Å²) in [5.74, 6) is -1.00. The third-order valence-electron chi connectivity index (χ3n) is 5.11. The lowest BCUT2D eigenvalue weighted by atomic mass is 10.1. The lowest BCUT2D eigenvalue weighted by Gasteiger charge is -2.15. The Labute approximate surface area is 174 Å². The first-order valence-corrected chi connectivity index (χ1v) is 9.68. The molecule has 2 aromatic heterocycles. The molecule has 0 radical (unpaired) electrons. The van der Waals surface area contributed by atoms with Crippen molar-refractivity contribution in [2.45, 2.75) is 31.0 Å². The van der Waals surface area contributed by atoms with Crippen LogP contribution in [0.25, 0.3) is 11.2 Å². The van der Waals surface area contributed by atoms with Crippen LogP contribution in [0, 0.1) is 11.6 Å². The highest BCUT2D eigenvalue weighted by Crippen LogP contribution is 2.31. The maximum atomic E-state index is 13.8. The predicted octanol–water partition coefficient (Wildman–Crippen LogP) is 2.41. The molecular formula is C19H17ClF2N4O4. The van der Waals surface area contributed by atoms with Crippen LogP contribution in [0.1, 0.15) is 5.56 Å². The molecule has 3 N–H and O–H groups in total. The van der Waals surface area contributed by atoms with Gasteiger partial charge in [-0.05, 0) is 12.1 Å². The first-order chi connectivity index (χ1) is 14.5. The van der Waals surface area contributed by atoms with Gasteiger partial charge >= 0.3 is 0 Å². The summed E-state index contributed by atoms with van der Waals surface area (Å²) in [6, 6.07) is 5.19. The summed E-state index contributed by atoms with van der Waals surface area (Å²) < 4.78 is 43.8. The standard InChI is InChI=1S/C19H17ClF2N4O4/c20-10-4-12-18(25-17(10)23-5-8-1-2-9(21)3-11(8)22)26-19(24-12)30-14-7-29-15-13(27)6-28-16(14)15/h1-4,13-16,27H,5-7H2,(H2,23,24,25,26)/t13-,14-,15-,16?/m1/s1. The highest BCUT2D eigenvalue weighted by Gasteiger charge is 2.48. The number of hydrogen-bond acceptors (Lipinski definition) is 7. The lowest BCUT2D eigenvalue weighted by Crippen LogP contribution is -2.34. The Morgan fingerprint density at radius 1 is 1.20 bits per heavy atom. The third-order valence-corrected chi connectivity index (χ3v) is 5.40. The van der Waals surface area contributed by atoms with Gasteiger partial charge in [-0.15, -0.1) is 0 Å². The minimum absolute atomic E-state index is 0.0697. The number of ether oxygens (including phenoxy) is 3. The van der Waals surface area contributed by atoms with Crippen molar-refractivity contribution in [1.82, 2.24) is 15.0 Å². The van der Waals surface area contributed by atoms with Crippen molar-refractivity contribution in [3.63, 3.8) is 0 Å². The third kappa shape index (κ3) is 3.56. The van der Waals surface area contributed by atoms with E-state index in [1.54, 1.807) is 6.07 Å². The number of pyridine rings is 1. The van der Waals surface area contributed by atoms with Crippen molar-refractivity contribution >= 4 is 28.6 Å². The maximum absolute atomic E-state index is 13.8. The highest BCUT2D eigenvalue weighted by atomic mass is 35.5. The van der Waals surface area contributed by atoms with Crippen LogP contribution >= 0.6 is 11.6 Å². The molecule has 0 amide bonds. The zero-order valence-electron chi connectivity index (χ0n) is 15.4. The topological polar surface area (TPSA) is 102 Å². The molecule has 0 spiro atoms. The predicted molar refractivity (Wildman–Crippen MR) is 102 cm³/mol. The minimum atomic E-state index is -0.667. The zero-order chi connectivity index (χ0) is 20.8. The summed E-state index contributed by atoms with van der Waals surface area (Å²) >= 11 is 6.27. The normalized spacial score (nSPS) is 25.6. The van der Waals surface area contributed by atoms with Crippen molar-refractivity contribution < 1.29 is 28.1 Å². The molecule has 0 bridgehead atoms. The van der Waals surface area contributed by atoms with Gasteiger partial charge in [0.25, 0.3) is 6.01 Å². The van der Waals surface area contributed by atoms with Crippen molar-refractivity contribution in [3.8, 4) is 6.01 Å². The second-order valence-electron chi connectivity index (χ2n) is 7.14. The van der Waals surface area contributed by atoms with Gasteiger partial charge in [-0.1, -0.05) is 17.7 Å². The van der Waals surface area contributed by atoms with Crippen LogP contribution in [-0.4, -0.2) is 57.7 Å². The number of imidazole rings is 1. The second kappa shape index (κ2) is 7.62. The number of aliphatic hydroxyl groups excluding tert-OH is 1. The summed E-state index contributed by atoms with van der Waals surface area (Å²) in [6.07, 6.45) is -1.86. The molecule has 2 aliphatic rings. The number of halogens is 3. The molecule has 1 unspecified atom stereocenters. The van der Waals surface area contributed by atoms with Crippen LogP contribution in [0.2, 0.25) is 5.02 Å². The molecule has 2 aliphatic heterocycles. The highest BCUT2D eigenvalue weighted by molar-refractivity contribution is 6.33. The van der Waals surface area contributed by atoms with Gasteiger partial charge in [-0.3, -0.25) is 0 Å². The largest absolute Gasteiger partial charge is 0.456 e. The number of nitrogens with zero attached hydrogens (tertiary/aromatic N) is 2. The molecular weight excluding hydrogens is 422 g/mol. The SMILES string of the molecule is O[C@@H]1COC2[C@H](Oc3nc4nc(NCc5ccc(F)cc5F)c(Cl)cc4[nH]3)CO[C@@H]21. The smallest absolute Gasteiger partial charge is 0.296 e. The number of hydrogen-bond donors (Lipinski definition) is 3. The molecule has 0 saturated carbocycles. The Bertz CT molecular complexity index is 1100.